The molecule has 1 aromatic rings. The number of aryl methyl sites for hydroxylation is 2. The second kappa shape index (κ2) is 6.09. The van der Waals surface area contributed by atoms with Gasteiger partial charge in [-0.1, -0.05) is 32.0 Å². The molecule has 0 aromatic heterocycles. The van der Waals surface area contributed by atoms with Crippen molar-refractivity contribution in [3.05, 3.63) is 34.9 Å². The summed E-state index contributed by atoms with van der Waals surface area (Å²) in [5.74, 6) is 2.40. The van der Waals surface area contributed by atoms with Gasteiger partial charge in [0.2, 0.25) is 0 Å². The van der Waals surface area contributed by atoms with Crippen LogP contribution in [0.3, 0.4) is 0 Å². The monoisotopic (exact) mass is 259 g/mol. The molecule has 1 aromatic carbocycles. The summed E-state index contributed by atoms with van der Waals surface area (Å²) in [5, 5.41) is 0. The average molecular weight is 259 g/mol. The molecule has 1 aliphatic rings. The van der Waals surface area contributed by atoms with Crippen LogP contribution in [0, 0.1) is 31.6 Å². The third-order valence-electron chi connectivity index (χ3n) is 4.86. The SMILES string of the molecule is Cc1ccc(CC(N)C2CC(C)CC(C)C2)cc1C. The van der Waals surface area contributed by atoms with Gasteiger partial charge in [-0.05, 0) is 74.0 Å². The quantitative estimate of drug-likeness (QED) is 0.863. The van der Waals surface area contributed by atoms with Crippen molar-refractivity contribution in [1.82, 2.24) is 0 Å². The highest BCUT2D eigenvalue weighted by Crippen LogP contribution is 2.34. The molecular formula is C18H29N. The minimum Gasteiger partial charge on any atom is -0.327 e. The molecule has 3 unspecified atom stereocenters. The fourth-order valence-electron chi connectivity index (χ4n) is 3.73. The second-order valence-electron chi connectivity index (χ2n) is 6.96. The summed E-state index contributed by atoms with van der Waals surface area (Å²) in [6.07, 6.45) is 5.05. The zero-order valence-electron chi connectivity index (χ0n) is 12.9. The van der Waals surface area contributed by atoms with Crippen molar-refractivity contribution in [2.45, 2.75) is 59.4 Å². The molecule has 0 heterocycles. The van der Waals surface area contributed by atoms with Gasteiger partial charge in [0, 0.05) is 6.04 Å². The highest BCUT2D eigenvalue weighted by molar-refractivity contribution is 5.30. The summed E-state index contributed by atoms with van der Waals surface area (Å²) in [4.78, 5) is 0. The zero-order valence-corrected chi connectivity index (χ0v) is 12.9. The second-order valence-corrected chi connectivity index (χ2v) is 6.96. The van der Waals surface area contributed by atoms with E-state index in [1.807, 2.05) is 0 Å². The van der Waals surface area contributed by atoms with E-state index in [2.05, 4.69) is 45.9 Å². The third-order valence-corrected chi connectivity index (χ3v) is 4.86. The lowest BCUT2D eigenvalue weighted by Crippen LogP contribution is -2.37. The summed E-state index contributed by atoms with van der Waals surface area (Å²) < 4.78 is 0. The van der Waals surface area contributed by atoms with Crippen molar-refractivity contribution in [2.75, 3.05) is 0 Å². The van der Waals surface area contributed by atoms with E-state index in [1.54, 1.807) is 0 Å². The third kappa shape index (κ3) is 3.82. The Morgan fingerprint density at radius 1 is 1.05 bits per heavy atom. The molecule has 2 N–H and O–H groups in total. The van der Waals surface area contributed by atoms with Crippen LogP contribution in [-0.4, -0.2) is 6.04 Å². The smallest absolute Gasteiger partial charge is 0.0108 e. The largest absolute Gasteiger partial charge is 0.327 e. The Morgan fingerprint density at radius 2 is 1.68 bits per heavy atom. The molecule has 2 rings (SSSR count). The van der Waals surface area contributed by atoms with Crippen molar-refractivity contribution in [2.24, 2.45) is 23.5 Å². The molecule has 19 heavy (non-hydrogen) atoms. The minimum atomic E-state index is 0.326. The van der Waals surface area contributed by atoms with Crippen LogP contribution in [0.5, 0.6) is 0 Å². The van der Waals surface area contributed by atoms with Crippen molar-refractivity contribution in [3.8, 4) is 0 Å². The van der Waals surface area contributed by atoms with E-state index in [0.29, 0.717) is 12.0 Å². The fraction of sp³-hybridized carbons (Fsp3) is 0.667. The van der Waals surface area contributed by atoms with Gasteiger partial charge in [0.05, 0.1) is 0 Å². The van der Waals surface area contributed by atoms with Gasteiger partial charge >= 0.3 is 0 Å². The van der Waals surface area contributed by atoms with Gasteiger partial charge in [0.25, 0.3) is 0 Å². The predicted octanol–water partition coefficient (Wildman–Crippen LogP) is 4.25. The lowest BCUT2D eigenvalue weighted by atomic mass is 9.73. The summed E-state index contributed by atoms with van der Waals surface area (Å²) in [7, 11) is 0. The van der Waals surface area contributed by atoms with E-state index < -0.39 is 0 Å². The Bertz CT molecular complexity index is 414. The molecule has 1 nitrogen and oxygen atoms in total. The van der Waals surface area contributed by atoms with Crippen LogP contribution >= 0.6 is 0 Å². The summed E-state index contributed by atoms with van der Waals surface area (Å²) >= 11 is 0. The Balaban J connectivity index is 1.99. The van der Waals surface area contributed by atoms with Gasteiger partial charge in [-0.3, -0.25) is 0 Å². The van der Waals surface area contributed by atoms with Crippen LogP contribution in [0.2, 0.25) is 0 Å². The van der Waals surface area contributed by atoms with Gasteiger partial charge in [0.1, 0.15) is 0 Å². The van der Waals surface area contributed by atoms with Gasteiger partial charge in [0.15, 0.2) is 0 Å². The highest BCUT2D eigenvalue weighted by Gasteiger charge is 2.28. The summed E-state index contributed by atoms with van der Waals surface area (Å²) in [6.45, 7) is 9.12. The molecule has 1 saturated carbocycles. The first kappa shape index (κ1) is 14.6. The number of nitrogens with two attached hydrogens (primary N) is 1. The first-order valence-electron chi connectivity index (χ1n) is 7.77. The van der Waals surface area contributed by atoms with Crippen molar-refractivity contribution in [1.29, 1.82) is 0 Å². The van der Waals surface area contributed by atoms with Crippen LogP contribution in [0.1, 0.15) is 49.8 Å². The average Bonchev–Trinajstić information content (AvgIpc) is 2.32. The maximum atomic E-state index is 6.49. The van der Waals surface area contributed by atoms with Crippen LogP contribution < -0.4 is 5.73 Å². The van der Waals surface area contributed by atoms with Crippen LogP contribution in [0.25, 0.3) is 0 Å². The van der Waals surface area contributed by atoms with E-state index in [0.717, 1.165) is 18.3 Å². The van der Waals surface area contributed by atoms with Gasteiger partial charge < -0.3 is 5.73 Å². The van der Waals surface area contributed by atoms with Gasteiger partial charge in [-0.25, -0.2) is 0 Å². The van der Waals surface area contributed by atoms with Crippen molar-refractivity contribution in [3.63, 3.8) is 0 Å². The predicted molar refractivity (Wildman–Crippen MR) is 83.3 cm³/mol. The molecule has 1 aliphatic carbocycles. The number of benzene rings is 1. The fourth-order valence-corrected chi connectivity index (χ4v) is 3.73. The van der Waals surface area contributed by atoms with Gasteiger partial charge in [-0.15, -0.1) is 0 Å². The van der Waals surface area contributed by atoms with E-state index in [4.69, 9.17) is 5.73 Å². The lowest BCUT2D eigenvalue weighted by molar-refractivity contribution is 0.192. The lowest BCUT2D eigenvalue weighted by Gasteiger charge is -2.35. The topological polar surface area (TPSA) is 26.0 Å². The maximum Gasteiger partial charge on any atom is 0.0108 e. The zero-order chi connectivity index (χ0) is 14.0. The molecule has 0 bridgehead atoms. The molecular weight excluding hydrogens is 230 g/mol. The standard InChI is InChI=1S/C18H29N/c1-12-7-13(2)9-17(8-12)18(19)11-16-6-5-14(3)15(4)10-16/h5-6,10,12-13,17-18H,7-9,11,19H2,1-4H3. The molecule has 0 aliphatic heterocycles. The number of rotatable bonds is 3. The minimum absolute atomic E-state index is 0.326. The van der Waals surface area contributed by atoms with Crippen LogP contribution in [0.4, 0.5) is 0 Å². The van der Waals surface area contributed by atoms with E-state index in [9.17, 15) is 0 Å². The Labute approximate surface area is 118 Å². The summed E-state index contributed by atoms with van der Waals surface area (Å²) in [6, 6.07) is 7.11. The molecule has 0 saturated heterocycles. The maximum absolute atomic E-state index is 6.49. The summed E-state index contributed by atoms with van der Waals surface area (Å²) in [5.41, 5.74) is 10.7. The van der Waals surface area contributed by atoms with E-state index in [1.165, 1.54) is 36.0 Å². The normalized spacial score (nSPS) is 29.2. The number of hydrogen-bond acceptors (Lipinski definition) is 1. The number of hydrogen-bond donors (Lipinski definition) is 1. The van der Waals surface area contributed by atoms with Crippen LogP contribution in [-0.2, 0) is 6.42 Å². The van der Waals surface area contributed by atoms with E-state index >= 15 is 0 Å². The van der Waals surface area contributed by atoms with E-state index in [-0.39, 0.29) is 0 Å². The highest BCUT2D eigenvalue weighted by atomic mass is 14.7. The van der Waals surface area contributed by atoms with Crippen molar-refractivity contribution < 1.29 is 0 Å². The van der Waals surface area contributed by atoms with Crippen molar-refractivity contribution >= 4 is 0 Å². The Kier molecular flexibility index (Phi) is 4.67. The van der Waals surface area contributed by atoms with Gasteiger partial charge in [-0.2, -0.15) is 0 Å². The molecule has 3 atom stereocenters. The molecule has 0 amide bonds. The molecule has 1 heteroatoms. The Morgan fingerprint density at radius 3 is 2.26 bits per heavy atom. The molecule has 0 spiro atoms. The molecule has 106 valence electrons. The Hall–Kier alpha value is -0.820. The first-order valence-corrected chi connectivity index (χ1v) is 7.77. The van der Waals surface area contributed by atoms with Crippen LogP contribution in [0.15, 0.2) is 18.2 Å². The molecule has 1 fully saturated rings. The first-order chi connectivity index (χ1) is 8.95. The molecule has 0 radical (unpaired) electrons.